The van der Waals surface area contributed by atoms with Crippen LogP contribution in [0.25, 0.3) is 0 Å². The number of halogens is 2. The fourth-order valence-corrected chi connectivity index (χ4v) is 1.53. The van der Waals surface area contributed by atoms with E-state index < -0.39 is 4.33 Å². The minimum absolute atomic E-state index is 0.373. The predicted molar refractivity (Wildman–Crippen MR) is 56.3 cm³/mol. The van der Waals surface area contributed by atoms with Crippen LogP contribution in [0, 0.1) is 0 Å². The van der Waals surface area contributed by atoms with Crippen molar-refractivity contribution in [3.8, 4) is 0 Å². The van der Waals surface area contributed by atoms with E-state index in [1.165, 1.54) is 6.92 Å². The molecule has 0 unspecified atom stereocenters. The van der Waals surface area contributed by atoms with E-state index in [1.54, 1.807) is 11.3 Å². The normalized spacial score (nSPS) is 11.3. The molecule has 13 heavy (non-hydrogen) atoms. The van der Waals surface area contributed by atoms with Gasteiger partial charge in [-0.3, -0.25) is 4.79 Å². The Morgan fingerprint density at radius 1 is 1.69 bits per heavy atom. The van der Waals surface area contributed by atoms with Crippen molar-refractivity contribution in [1.82, 2.24) is 5.32 Å². The Labute approximate surface area is 90.8 Å². The lowest BCUT2D eigenvalue weighted by atomic mass is 10.3. The Balaban J connectivity index is 2.40. The van der Waals surface area contributed by atoms with Crippen molar-refractivity contribution in [1.29, 1.82) is 0 Å². The number of alkyl halides is 2. The Bertz CT molecular complexity index is 279. The molecule has 1 rings (SSSR count). The average Bonchev–Trinajstić information content (AvgIpc) is 2.50. The molecule has 1 aromatic heterocycles. The van der Waals surface area contributed by atoms with Gasteiger partial charge in [-0.05, 0) is 29.3 Å². The Morgan fingerprint density at radius 3 is 2.85 bits per heavy atom. The molecule has 1 aromatic rings. The molecule has 0 aromatic carbocycles. The molecule has 0 aliphatic carbocycles. The molecule has 1 heterocycles. The second-order valence-corrected chi connectivity index (χ2v) is 5.19. The van der Waals surface area contributed by atoms with Crippen molar-refractivity contribution in [2.45, 2.75) is 17.8 Å². The average molecular weight is 238 g/mol. The molecule has 1 amide bonds. The van der Waals surface area contributed by atoms with E-state index in [-0.39, 0.29) is 5.91 Å². The van der Waals surface area contributed by atoms with Crippen LogP contribution in [-0.2, 0) is 11.3 Å². The summed E-state index contributed by atoms with van der Waals surface area (Å²) in [5, 5.41) is 6.53. The summed E-state index contributed by atoms with van der Waals surface area (Å²) in [7, 11) is 0. The molecule has 2 nitrogen and oxygen atoms in total. The van der Waals surface area contributed by atoms with E-state index in [2.05, 4.69) is 5.32 Å². The zero-order chi connectivity index (χ0) is 9.90. The third-order valence-electron chi connectivity index (χ3n) is 1.43. The monoisotopic (exact) mass is 237 g/mol. The van der Waals surface area contributed by atoms with E-state index in [0.29, 0.717) is 6.54 Å². The maximum atomic E-state index is 11.2. The third kappa shape index (κ3) is 3.55. The van der Waals surface area contributed by atoms with Gasteiger partial charge < -0.3 is 5.32 Å². The highest BCUT2D eigenvalue weighted by molar-refractivity contribution is 7.07. The van der Waals surface area contributed by atoms with Crippen LogP contribution in [0.1, 0.15) is 12.5 Å². The number of carbonyl (C=O) groups excluding carboxylic acids is 1. The summed E-state index contributed by atoms with van der Waals surface area (Å²) >= 11 is 12.7. The summed E-state index contributed by atoms with van der Waals surface area (Å²) in [5.41, 5.74) is 1.05. The lowest BCUT2D eigenvalue weighted by molar-refractivity contribution is -0.121. The zero-order valence-corrected chi connectivity index (χ0v) is 9.34. The van der Waals surface area contributed by atoms with Crippen LogP contribution in [0.15, 0.2) is 16.8 Å². The Morgan fingerprint density at radius 2 is 2.38 bits per heavy atom. The predicted octanol–water partition coefficient (Wildman–Crippen LogP) is 2.56. The van der Waals surface area contributed by atoms with Gasteiger partial charge in [-0.2, -0.15) is 11.3 Å². The molecule has 0 aliphatic heterocycles. The van der Waals surface area contributed by atoms with Gasteiger partial charge in [-0.25, -0.2) is 0 Å². The Hall–Kier alpha value is -0.250. The SMILES string of the molecule is CC(Cl)(Cl)C(=O)NCc1ccsc1. The topological polar surface area (TPSA) is 29.1 Å². The fraction of sp³-hybridized carbons (Fsp3) is 0.375. The number of hydrogen-bond donors (Lipinski definition) is 1. The first-order valence-electron chi connectivity index (χ1n) is 3.67. The summed E-state index contributed by atoms with van der Waals surface area (Å²) < 4.78 is -1.35. The molecular formula is C8H9Cl2NOS. The number of carbonyl (C=O) groups is 1. The highest BCUT2D eigenvalue weighted by atomic mass is 35.5. The van der Waals surface area contributed by atoms with E-state index in [1.807, 2.05) is 16.8 Å². The molecule has 0 atom stereocenters. The standard InChI is InChI=1S/C8H9Cl2NOS/c1-8(9,10)7(12)11-4-6-2-3-13-5-6/h2-3,5H,4H2,1H3,(H,11,12). The van der Waals surface area contributed by atoms with Crippen molar-refractivity contribution in [3.63, 3.8) is 0 Å². The van der Waals surface area contributed by atoms with Crippen LogP contribution in [0.2, 0.25) is 0 Å². The van der Waals surface area contributed by atoms with E-state index in [4.69, 9.17) is 23.2 Å². The number of nitrogens with one attached hydrogen (secondary N) is 1. The van der Waals surface area contributed by atoms with Crippen LogP contribution in [0.3, 0.4) is 0 Å². The molecule has 0 spiro atoms. The molecular weight excluding hydrogens is 229 g/mol. The molecule has 0 saturated heterocycles. The van der Waals surface area contributed by atoms with Crippen molar-refractivity contribution in [3.05, 3.63) is 22.4 Å². The van der Waals surface area contributed by atoms with Gasteiger partial charge in [0.2, 0.25) is 0 Å². The van der Waals surface area contributed by atoms with Gasteiger partial charge in [0.25, 0.3) is 5.91 Å². The number of hydrogen-bond acceptors (Lipinski definition) is 2. The zero-order valence-electron chi connectivity index (χ0n) is 7.01. The fourth-order valence-electron chi connectivity index (χ4n) is 0.731. The minimum atomic E-state index is -1.35. The molecule has 1 N–H and O–H groups in total. The lowest BCUT2D eigenvalue weighted by Gasteiger charge is -2.12. The molecule has 5 heteroatoms. The van der Waals surface area contributed by atoms with Crippen LogP contribution in [0.4, 0.5) is 0 Å². The second kappa shape index (κ2) is 4.31. The molecule has 0 saturated carbocycles. The first-order valence-corrected chi connectivity index (χ1v) is 5.37. The van der Waals surface area contributed by atoms with Crippen molar-refractivity contribution in [2.75, 3.05) is 0 Å². The first-order chi connectivity index (χ1) is 6.00. The smallest absolute Gasteiger partial charge is 0.256 e. The summed E-state index contributed by atoms with van der Waals surface area (Å²) in [4.78, 5) is 11.2. The van der Waals surface area contributed by atoms with Crippen LogP contribution in [0.5, 0.6) is 0 Å². The number of rotatable bonds is 3. The highest BCUT2D eigenvalue weighted by Crippen LogP contribution is 2.19. The van der Waals surface area contributed by atoms with E-state index in [0.717, 1.165) is 5.56 Å². The van der Waals surface area contributed by atoms with Crippen LogP contribution in [-0.4, -0.2) is 10.2 Å². The van der Waals surface area contributed by atoms with Crippen molar-refractivity contribution < 1.29 is 4.79 Å². The quantitative estimate of drug-likeness (QED) is 0.805. The molecule has 0 aliphatic rings. The summed E-state index contributed by atoms with van der Waals surface area (Å²) in [5.74, 6) is -0.373. The van der Waals surface area contributed by atoms with Gasteiger partial charge >= 0.3 is 0 Å². The summed E-state index contributed by atoms with van der Waals surface area (Å²) in [6, 6.07) is 1.94. The lowest BCUT2D eigenvalue weighted by Crippen LogP contribution is -2.35. The van der Waals surface area contributed by atoms with Crippen molar-refractivity contribution >= 4 is 40.4 Å². The van der Waals surface area contributed by atoms with E-state index in [9.17, 15) is 4.79 Å². The van der Waals surface area contributed by atoms with Gasteiger partial charge in [-0.15, -0.1) is 0 Å². The molecule has 0 fully saturated rings. The Kier molecular flexibility index (Phi) is 3.59. The molecule has 72 valence electrons. The maximum absolute atomic E-state index is 11.2. The van der Waals surface area contributed by atoms with Crippen molar-refractivity contribution in [2.24, 2.45) is 0 Å². The van der Waals surface area contributed by atoms with E-state index >= 15 is 0 Å². The largest absolute Gasteiger partial charge is 0.349 e. The highest BCUT2D eigenvalue weighted by Gasteiger charge is 2.26. The van der Waals surface area contributed by atoms with Gasteiger partial charge in [0.15, 0.2) is 4.33 Å². The third-order valence-corrected chi connectivity index (χ3v) is 2.51. The minimum Gasteiger partial charge on any atom is -0.349 e. The number of thiophene rings is 1. The maximum Gasteiger partial charge on any atom is 0.256 e. The van der Waals surface area contributed by atoms with Gasteiger partial charge in [-0.1, -0.05) is 23.2 Å². The summed E-state index contributed by atoms with van der Waals surface area (Å²) in [6.45, 7) is 1.91. The second-order valence-electron chi connectivity index (χ2n) is 2.70. The molecule has 0 radical (unpaired) electrons. The van der Waals surface area contributed by atoms with Gasteiger partial charge in [0.05, 0.1) is 0 Å². The molecule has 0 bridgehead atoms. The number of amides is 1. The first kappa shape index (κ1) is 10.8. The van der Waals surface area contributed by atoms with Crippen LogP contribution >= 0.6 is 34.5 Å². The summed E-state index contributed by atoms with van der Waals surface area (Å²) in [6.07, 6.45) is 0. The van der Waals surface area contributed by atoms with Crippen LogP contribution < -0.4 is 5.32 Å². The van der Waals surface area contributed by atoms with Gasteiger partial charge in [0.1, 0.15) is 0 Å². The van der Waals surface area contributed by atoms with Gasteiger partial charge in [0, 0.05) is 6.54 Å².